The third-order valence-corrected chi connectivity index (χ3v) is 7.24. The van der Waals surface area contributed by atoms with Crippen LogP contribution in [-0.2, 0) is 14.8 Å². The molecule has 26 heavy (non-hydrogen) atoms. The molecule has 1 N–H and O–H groups in total. The summed E-state index contributed by atoms with van der Waals surface area (Å²) < 4.78 is 27.9. The predicted octanol–water partition coefficient (Wildman–Crippen LogP) is 3.64. The van der Waals surface area contributed by atoms with E-state index in [-0.39, 0.29) is 11.8 Å². The smallest absolute Gasteiger partial charge is 0.243 e. The number of carbonyl (C=O) groups excluding carboxylic acids is 1. The molecule has 1 aliphatic heterocycles. The highest BCUT2D eigenvalue weighted by Crippen LogP contribution is 2.25. The van der Waals surface area contributed by atoms with Crippen molar-refractivity contribution in [3.63, 3.8) is 0 Å². The summed E-state index contributed by atoms with van der Waals surface area (Å²) in [5.41, 5.74) is 1.84. The Morgan fingerprint density at radius 1 is 1.12 bits per heavy atom. The molecule has 3 rings (SSSR count). The minimum Gasteiger partial charge on any atom is -0.326 e. The molecule has 0 atom stereocenters. The van der Waals surface area contributed by atoms with Crippen LogP contribution in [0.5, 0.6) is 0 Å². The van der Waals surface area contributed by atoms with Gasteiger partial charge in [0.05, 0.1) is 4.90 Å². The average molecular weight is 484 g/mol. The minimum absolute atomic E-state index is 0.0360. The molecule has 1 aliphatic rings. The lowest BCUT2D eigenvalue weighted by Crippen LogP contribution is -2.41. The predicted molar refractivity (Wildman–Crippen MR) is 110 cm³/mol. The fourth-order valence-electron chi connectivity index (χ4n) is 3.10. The molecule has 1 heterocycles. The number of amides is 1. The zero-order valence-electron chi connectivity index (χ0n) is 14.5. The van der Waals surface area contributed by atoms with E-state index >= 15 is 0 Å². The summed E-state index contributed by atoms with van der Waals surface area (Å²) in [6.45, 7) is 2.69. The SMILES string of the molecule is Cc1cc(I)ccc1NC(=O)C1CCN(S(=O)(=O)c2ccccc2)CC1. The summed E-state index contributed by atoms with van der Waals surface area (Å²) in [6, 6.07) is 14.3. The van der Waals surface area contributed by atoms with Crippen molar-refractivity contribution in [2.75, 3.05) is 18.4 Å². The molecule has 0 spiro atoms. The summed E-state index contributed by atoms with van der Waals surface area (Å²) in [6.07, 6.45) is 1.06. The number of carbonyl (C=O) groups is 1. The maximum atomic E-state index is 12.7. The van der Waals surface area contributed by atoms with Gasteiger partial charge in [-0.3, -0.25) is 4.79 Å². The van der Waals surface area contributed by atoms with Crippen molar-refractivity contribution in [3.8, 4) is 0 Å². The Morgan fingerprint density at radius 2 is 1.77 bits per heavy atom. The molecule has 2 aromatic rings. The quantitative estimate of drug-likeness (QED) is 0.675. The number of halogens is 1. The van der Waals surface area contributed by atoms with Crippen LogP contribution in [0.25, 0.3) is 0 Å². The summed E-state index contributed by atoms with van der Waals surface area (Å²) in [4.78, 5) is 12.9. The lowest BCUT2D eigenvalue weighted by molar-refractivity contribution is -0.120. The van der Waals surface area contributed by atoms with E-state index in [0.717, 1.165) is 14.8 Å². The highest BCUT2D eigenvalue weighted by Gasteiger charge is 2.32. The fourth-order valence-corrected chi connectivity index (χ4v) is 5.24. The second-order valence-corrected chi connectivity index (χ2v) is 9.62. The third kappa shape index (κ3) is 4.27. The molecular formula is C19H21IN2O3S. The van der Waals surface area contributed by atoms with Crippen LogP contribution in [0, 0.1) is 16.4 Å². The number of aryl methyl sites for hydroxylation is 1. The van der Waals surface area contributed by atoms with Gasteiger partial charge in [-0.1, -0.05) is 18.2 Å². The Kier molecular flexibility index (Phi) is 5.99. The average Bonchev–Trinajstić information content (AvgIpc) is 2.65. The summed E-state index contributed by atoms with van der Waals surface area (Å²) >= 11 is 2.24. The second-order valence-electron chi connectivity index (χ2n) is 6.44. The topological polar surface area (TPSA) is 66.5 Å². The van der Waals surface area contributed by atoms with Gasteiger partial charge in [0.1, 0.15) is 0 Å². The summed E-state index contributed by atoms with van der Waals surface area (Å²) in [7, 11) is -3.48. The van der Waals surface area contributed by atoms with E-state index in [1.54, 1.807) is 30.3 Å². The Balaban J connectivity index is 1.62. The molecule has 0 bridgehead atoms. The number of anilines is 1. The van der Waals surface area contributed by atoms with Crippen molar-refractivity contribution >= 4 is 44.2 Å². The van der Waals surface area contributed by atoms with Crippen LogP contribution in [0.2, 0.25) is 0 Å². The number of benzene rings is 2. The lowest BCUT2D eigenvalue weighted by atomic mass is 9.97. The maximum Gasteiger partial charge on any atom is 0.243 e. The van der Waals surface area contributed by atoms with E-state index in [1.165, 1.54) is 4.31 Å². The molecule has 1 amide bonds. The minimum atomic E-state index is -3.48. The van der Waals surface area contributed by atoms with Gasteiger partial charge in [-0.2, -0.15) is 4.31 Å². The van der Waals surface area contributed by atoms with E-state index < -0.39 is 10.0 Å². The third-order valence-electron chi connectivity index (χ3n) is 4.65. The number of rotatable bonds is 4. The highest BCUT2D eigenvalue weighted by molar-refractivity contribution is 14.1. The zero-order chi connectivity index (χ0) is 18.7. The Bertz CT molecular complexity index is 892. The maximum absolute atomic E-state index is 12.7. The lowest BCUT2D eigenvalue weighted by Gasteiger charge is -2.30. The first-order valence-electron chi connectivity index (χ1n) is 8.50. The van der Waals surface area contributed by atoms with Crippen LogP contribution >= 0.6 is 22.6 Å². The Hall–Kier alpha value is -1.45. The van der Waals surface area contributed by atoms with Gasteiger partial charge in [-0.05, 0) is 78.3 Å². The van der Waals surface area contributed by atoms with Crippen molar-refractivity contribution in [1.29, 1.82) is 0 Å². The molecule has 0 saturated carbocycles. The normalized spacial score (nSPS) is 16.4. The van der Waals surface area contributed by atoms with E-state index in [0.29, 0.717) is 30.8 Å². The van der Waals surface area contributed by atoms with Crippen molar-refractivity contribution < 1.29 is 13.2 Å². The van der Waals surface area contributed by atoms with Gasteiger partial charge in [0.25, 0.3) is 0 Å². The molecule has 0 unspecified atom stereocenters. The number of nitrogens with zero attached hydrogens (tertiary/aromatic N) is 1. The van der Waals surface area contributed by atoms with Crippen LogP contribution in [0.3, 0.4) is 0 Å². The van der Waals surface area contributed by atoms with Crippen molar-refractivity contribution in [2.45, 2.75) is 24.7 Å². The first-order valence-corrected chi connectivity index (χ1v) is 11.0. The zero-order valence-corrected chi connectivity index (χ0v) is 17.5. The van der Waals surface area contributed by atoms with Crippen LogP contribution in [0.4, 0.5) is 5.69 Å². The van der Waals surface area contributed by atoms with Gasteiger partial charge in [0.2, 0.25) is 15.9 Å². The fraction of sp³-hybridized carbons (Fsp3) is 0.316. The van der Waals surface area contributed by atoms with Crippen molar-refractivity contribution in [2.24, 2.45) is 5.92 Å². The molecular weight excluding hydrogens is 463 g/mol. The van der Waals surface area contributed by atoms with E-state index in [1.807, 2.05) is 25.1 Å². The van der Waals surface area contributed by atoms with Gasteiger partial charge in [0, 0.05) is 28.3 Å². The number of sulfonamides is 1. The highest BCUT2D eigenvalue weighted by atomic mass is 127. The van der Waals surface area contributed by atoms with Crippen molar-refractivity contribution in [3.05, 3.63) is 57.7 Å². The van der Waals surface area contributed by atoms with Gasteiger partial charge < -0.3 is 5.32 Å². The molecule has 2 aromatic carbocycles. The number of nitrogens with one attached hydrogen (secondary N) is 1. The summed E-state index contributed by atoms with van der Waals surface area (Å²) in [5, 5.41) is 2.98. The van der Waals surface area contributed by atoms with Gasteiger partial charge in [-0.25, -0.2) is 8.42 Å². The molecule has 1 fully saturated rings. The molecule has 138 valence electrons. The molecule has 0 aliphatic carbocycles. The standard InChI is InChI=1S/C19H21IN2O3S/c1-14-13-16(20)7-8-18(14)21-19(23)15-9-11-22(12-10-15)26(24,25)17-5-3-2-4-6-17/h2-8,13,15H,9-12H2,1H3,(H,21,23). The van der Waals surface area contributed by atoms with Crippen LogP contribution in [0.15, 0.2) is 53.4 Å². The number of hydrogen-bond donors (Lipinski definition) is 1. The monoisotopic (exact) mass is 484 g/mol. The molecule has 7 heteroatoms. The van der Waals surface area contributed by atoms with E-state index in [4.69, 9.17) is 0 Å². The van der Waals surface area contributed by atoms with Crippen molar-refractivity contribution in [1.82, 2.24) is 4.31 Å². The van der Waals surface area contributed by atoms with Gasteiger partial charge >= 0.3 is 0 Å². The van der Waals surface area contributed by atoms with E-state index in [2.05, 4.69) is 27.9 Å². The van der Waals surface area contributed by atoms with E-state index in [9.17, 15) is 13.2 Å². The molecule has 1 saturated heterocycles. The Labute approximate surface area is 168 Å². The molecule has 5 nitrogen and oxygen atoms in total. The van der Waals surface area contributed by atoms with Gasteiger partial charge in [0.15, 0.2) is 0 Å². The first-order chi connectivity index (χ1) is 12.4. The summed E-state index contributed by atoms with van der Waals surface area (Å²) in [5.74, 6) is -0.207. The largest absolute Gasteiger partial charge is 0.326 e. The second kappa shape index (κ2) is 8.06. The molecule has 0 radical (unpaired) electrons. The molecule has 0 aromatic heterocycles. The van der Waals surface area contributed by atoms with Crippen LogP contribution in [0.1, 0.15) is 18.4 Å². The van der Waals surface area contributed by atoms with Crippen LogP contribution < -0.4 is 5.32 Å². The van der Waals surface area contributed by atoms with Gasteiger partial charge in [-0.15, -0.1) is 0 Å². The Morgan fingerprint density at radius 3 is 2.38 bits per heavy atom. The number of piperidine rings is 1. The first kappa shape index (κ1) is 19.3. The number of hydrogen-bond acceptors (Lipinski definition) is 3. The van der Waals surface area contributed by atoms with Crippen LogP contribution in [-0.4, -0.2) is 31.7 Å².